The molecule has 2 aliphatic heterocycles. The van der Waals surface area contributed by atoms with Gasteiger partial charge in [0.15, 0.2) is 18.7 Å². The highest BCUT2D eigenvalue weighted by molar-refractivity contribution is 5.70. The highest BCUT2D eigenvalue weighted by Gasteiger charge is 2.47. The van der Waals surface area contributed by atoms with Gasteiger partial charge in [-0.25, -0.2) is 0 Å². The van der Waals surface area contributed by atoms with Crippen molar-refractivity contribution in [3.8, 4) is 0 Å². The van der Waals surface area contributed by atoms with Crippen LogP contribution in [0, 0.1) is 0 Å². The number of carbonyl (C=O) groups excluding carboxylic acids is 2. The summed E-state index contributed by atoms with van der Waals surface area (Å²) < 4.78 is 33.6. The van der Waals surface area contributed by atoms with Gasteiger partial charge in [0.1, 0.15) is 55.4 Å². The predicted molar refractivity (Wildman–Crippen MR) is 266 cm³/mol. The molecule has 2 heterocycles. The number of hydrogen-bond acceptors (Lipinski definition) is 15. The van der Waals surface area contributed by atoms with E-state index in [1.54, 1.807) is 0 Å². The van der Waals surface area contributed by atoms with Crippen LogP contribution in [0.3, 0.4) is 0 Å². The van der Waals surface area contributed by atoms with Crippen molar-refractivity contribution in [1.29, 1.82) is 0 Å². The maximum atomic E-state index is 13.0. The molecule has 0 radical (unpaired) electrons. The van der Waals surface area contributed by atoms with E-state index in [0.29, 0.717) is 12.8 Å². The summed E-state index contributed by atoms with van der Waals surface area (Å²) in [6.45, 7) is 2.57. The highest BCUT2D eigenvalue weighted by Crippen LogP contribution is 2.27. The minimum Gasteiger partial charge on any atom is -0.462 e. The zero-order valence-corrected chi connectivity index (χ0v) is 42.8. The summed E-state index contributed by atoms with van der Waals surface area (Å²) in [7, 11) is 0. The lowest BCUT2D eigenvalue weighted by molar-refractivity contribution is -0.332. The predicted octanol–water partition coefficient (Wildman–Crippen LogP) is 8.33. The fourth-order valence-corrected chi connectivity index (χ4v) is 8.62. The van der Waals surface area contributed by atoms with Gasteiger partial charge in [0.05, 0.1) is 19.8 Å². The van der Waals surface area contributed by atoms with E-state index < -0.39 is 92.7 Å². The number of unbranched alkanes of at least 4 members (excludes halogenated alkanes) is 25. The quantitative estimate of drug-likeness (QED) is 0.0173. The minimum atomic E-state index is -1.76. The molecule has 2 rings (SSSR count). The second-order valence-electron chi connectivity index (χ2n) is 19.4. The average Bonchev–Trinajstić information content (AvgIpc) is 3.34. The SMILES string of the molecule is CCCCC/C=C/CCCCCCCC(=O)O[C@@H](COC(=O)CCCCCCCCCCCCC/C=C/CCCCCCCC)CO[C@@H]1O[C@H](CO[C@@H]2O[C@H](CO)[C@H](O)C(O)C2O)[C@H](O)C(O)C1O. The third-order valence-corrected chi connectivity index (χ3v) is 13.2. The van der Waals surface area contributed by atoms with Crippen molar-refractivity contribution in [2.45, 2.75) is 280 Å². The van der Waals surface area contributed by atoms with Crippen LogP contribution in [0.25, 0.3) is 0 Å². The lowest BCUT2D eigenvalue weighted by Gasteiger charge is -2.42. The molecule has 0 saturated carbocycles. The molecule has 15 heteroatoms. The van der Waals surface area contributed by atoms with Gasteiger partial charge >= 0.3 is 11.9 Å². The van der Waals surface area contributed by atoms with E-state index in [2.05, 4.69) is 38.2 Å². The molecule has 0 spiro atoms. The van der Waals surface area contributed by atoms with Crippen LogP contribution in [0.5, 0.6) is 0 Å². The fourth-order valence-electron chi connectivity index (χ4n) is 8.62. The van der Waals surface area contributed by atoms with Gasteiger partial charge in [-0.3, -0.25) is 9.59 Å². The maximum Gasteiger partial charge on any atom is 0.306 e. The number of carbonyl (C=O) groups is 2. The van der Waals surface area contributed by atoms with Crippen LogP contribution in [0.15, 0.2) is 24.3 Å². The van der Waals surface area contributed by atoms with Gasteiger partial charge in [-0.2, -0.15) is 0 Å². The van der Waals surface area contributed by atoms with Crippen LogP contribution in [-0.4, -0.2) is 142 Å². The topological polar surface area (TPSA) is 231 Å². The number of hydrogen-bond donors (Lipinski definition) is 7. The van der Waals surface area contributed by atoms with Crippen LogP contribution >= 0.6 is 0 Å². The van der Waals surface area contributed by atoms with Crippen molar-refractivity contribution in [3.05, 3.63) is 24.3 Å². The van der Waals surface area contributed by atoms with Crippen molar-refractivity contribution in [3.63, 3.8) is 0 Å². The number of rotatable bonds is 43. The Hall–Kier alpha value is -2.02. The molecule has 69 heavy (non-hydrogen) atoms. The summed E-state index contributed by atoms with van der Waals surface area (Å²) >= 11 is 0. The lowest BCUT2D eigenvalue weighted by Crippen LogP contribution is -2.61. The van der Waals surface area contributed by atoms with Gasteiger partial charge < -0.3 is 64.2 Å². The molecule has 0 aromatic rings. The number of allylic oxidation sites excluding steroid dienone is 4. The summed E-state index contributed by atoms with van der Waals surface area (Å²) in [4.78, 5) is 25.8. The molecule has 0 aromatic carbocycles. The average molecular weight is 987 g/mol. The molecule has 15 nitrogen and oxygen atoms in total. The second-order valence-corrected chi connectivity index (χ2v) is 19.4. The largest absolute Gasteiger partial charge is 0.462 e. The van der Waals surface area contributed by atoms with Crippen LogP contribution in [-0.2, 0) is 38.0 Å². The van der Waals surface area contributed by atoms with E-state index in [1.165, 1.54) is 116 Å². The Bertz CT molecular complexity index is 1300. The summed E-state index contributed by atoms with van der Waals surface area (Å²) in [6.07, 6.45) is 26.4. The van der Waals surface area contributed by atoms with E-state index in [-0.39, 0.29) is 26.1 Å². The standard InChI is InChI=1S/C54H98O15/c1-3-5-7-9-11-13-15-17-18-19-20-21-22-23-24-25-27-28-30-32-34-36-45(56)64-39-42(67-46(57)37-35-33-31-29-26-16-14-12-10-8-6-4-2)40-65-53-52(63)50(61)48(59)44(69-53)41-66-54-51(62)49(60)47(58)43(38-55)68-54/h12,14,17-18,42-44,47-55,58-63H,3-11,13,15-16,19-41H2,1-2H3/b14-12+,18-17+/t42-,43+,44+,47-,48-,49?,50?,51?,52?,53+,54+/m0/s1. The highest BCUT2D eigenvalue weighted by atomic mass is 16.7. The summed E-state index contributed by atoms with van der Waals surface area (Å²) in [5.74, 6) is -0.930. The van der Waals surface area contributed by atoms with Gasteiger partial charge in [-0.15, -0.1) is 0 Å². The number of ether oxygens (including phenoxy) is 6. The molecule has 0 amide bonds. The summed E-state index contributed by atoms with van der Waals surface area (Å²) in [6, 6.07) is 0. The van der Waals surface area contributed by atoms with Gasteiger partial charge in [0.2, 0.25) is 0 Å². The van der Waals surface area contributed by atoms with Crippen molar-refractivity contribution >= 4 is 11.9 Å². The Balaban J connectivity index is 1.75. The van der Waals surface area contributed by atoms with Gasteiger partial charge in [0, 0.05) is 12.8 Å². The van der Waals surface area contributed by atoms with E-state index in [1.807, 2.05) is 0 Å². The van der Waals surface area contributed by atoms with Crippen LogP contribution in [0.1, 0.15) is 213 Å². The Labute approximate surface area is 415 Å². The maximum absolute atomic E-state index is 13.0. The molecule has 404 valence electrons. The monoisotopic (exact) mass is 987 g/mol. The van der Waals surface area contributed by atoms with Crippen molar-refractivity contribution in [2.24, 2.45) is 0 Å². The molecule has 2 aliphatic rings. The number of esters is 2. The zero-order chi connectivity index (χ0) is 50.3. The lowest BCUT2D eigenvalue weighted by atomic mass is 9.98. The molecular weight excluding hydrogens is 889 g/mol. The third kappa shape index (κ3) is 29.3. The van der Waals surface area contributed by atoms with Crippen LogP contribution < -0.4 is 0 Å². The third-order valence-electron chi connectivity index (χ3n) is 13.2. The van der Waals surface area contributed by atoms with Crippen molar-refractivity contribution in [1.82, 2.24) is 0 Å². The van der Waals surface area contributed by atoms with Gasteiger partial charge in [-0.1, -0.05) is 160 Å². The first kappa shape index (κ1) is 63.1. The zero-order valence-electron chi connectivity index (χ0n) is 42.8. The van der Waals surface area contributed by atoms with Crippen molar-refractivity contribution in [2.75, 3.05) is 26.4 Å². The molecular formula is C54H98O15. The molecule has 0 bridgehead atoms. The molecule has 2 saturated heterocycles. The minimum absolute atomic E-state index is 0.157. The van der Waals surface area contributed by atoms with Crippen LogP contribution in [0.2, 0.25) is 0 Å². The first-order chi connectivity index (χ1) is 33.5. The first-order valence-corrected chi connectivity index (χ1v) is 27.4. The molecule has 7 N–H and O–H groups in total. The van der Waals surface area contributed by atoms with E-state index >= 15 is 0 Å². The molecule has 0 aliphatic carbocycles. The van der Waals surface area contributed by atoms with Crippen LogP contribution in [0.4, 0.5) is 0 Å². The smallest absolute Gasteiger partial charge is 0.306 e. The molecule has 2 fully saturated rings. The van der Waals surface area contributed by atoms with E-state index in [0.717, 1.165) is 57.8 Å². The Morgan fingerprint density at radius 1 is 0.449 bits per heavy atom. The van der Waals surface area contributed by atoms with Gasteiger partial charge in [-0.05, 0) is 64.2 Å². The number of aliphatic hydroxyl groups is 7. The van der Waals surface area contributed by atoms with E-state index in [4.69, 9.17) is 28.4 Å². The Kier molecular flexibility index (Phi) is 37.9. The molecule has 4 unspecified atom stereocenters. The molecule has 11 atom stereocenters. The van der Waals surface area contributed by atoms with Crippen molar-refractivity contribution < 1.29 is 73.8 Å². The first-order valence-electron chi connectivity index (χ1n) is 27.4. The second kappa shape index (κ2) is 41.5. The fraction of sp³-hybridized carbons (Fsp3) is 0.889. The Morgan fingerprint density at radius 2 is 0.826 bits per heavy atom. The summed E-state index contributed by atoms with van der Waals surface area (Å²) in [5, 5.41) is 72.1. The Morgan fingerprint density at radius 3 is 1.30 bits per heavy atom. The normalized spacial score (nSPS) is 25.7. The number of aliphatic hydroxyl groups excluding tert-OH is 7. The van der Waals surface area contributed by atoms with E-state index in [9.17, 15) is 45.3 Å². The summed E-state index contributed by atoms with van der Waals surface area (Å²) in [5.41, 5.74) is 0. The molecule has 0 aromatic heterocycles. The van der Waals surface area contributed by atoms with Gasteiger partial charge in [0.25, 0.3) is 0 Å².